The van der Waals surface area contributed by atoms with Crippen molar-refractivity contribution in [1.82, 2.24) is 21.3 Å². The summed E-state index contributed by atoms with van der Waals surface area (Å²) in [7, 11) is 0. The van der Waals surface area contributed by atoms with Crippen molar-refractivity contribution in [1.29, 1.82) is 0 Å². The van der Waals surface area contributed by atoms with Crippen molar-refractivity contribution in [3.63, 3.8) is 0 Å². The maximum Gasteiger partial charge on any atom is 0.242 e. The Morgan fingerprint density at radius 3 is 2.26 bits per heavy atom. The van der Waals surface area contributed by atoms with E-state index in [1.807, 2.05) is 58.0 Å². The van der Waals surface area contributed by atoms with Gasteiger partial charge in [-0.1, -0.05) is 30.3 Å². The normalized spacial score (nSPS) is 11.2. The predicted molar refractivity (Wildman–Crippen MR) is 120 cm³/mol. The van der Waals surface area contributed by atoms with Gasteiger partial charge in [-0.05, 0) is 39.7 Å². The summed E-state index contributed by atoms with van der Waals surface area (Å²) in [5.41, 5.74) is 0.886. The van der Waals surface area contributed by atoms with E-state index in [0.717, 1.165) is 6.42 Å². The molecule has 0 heterocycles. The van der Waals surface area contributed by atoms with Crippen LogP contribution in [-0.4, -0.2) is 49.5 Å². The second kappa shape index (κ2) is 13.3. The van der Waals surface area contributed by atoms with Crippen molar-refractivity contribution in [2.24, 2.45) is 4.99 Å². The van der Waals surface area contributed by atoms with Crippen LogP contribution in [0, 0.1) is 0 Å². The van der Waals surface area contributed by atoms with E-state index >= 15 is 0 Å². The Morgan fingerprint density at radius 2 is 1.67 bits per heavy atom. The van der Waals surface area contributed by atoms with Gasteiger partial charge >= 0.3 is 0 Å². The van der Waals surface area contributed by atoms with Crippen LogP contribution in [0.25, 0.3) is 0 Å². The summed E-state index contributed by atoms with van der Waals surface area (Å²) in [4.78, 5) is 28.0. The van der Waals surface area contributed by atoms with Crippen LogP contribution in [0.15, 0.2) is 35.3 Å². The first-order valence-corrected chi connectivity index (χ1v) is 8.94. The van der Waals surface area contributed by atoms with Crippen molar-refractivity contribution in [2.75, 3.05) is 26.2 Å². The number of carbonyl (C=O) groups excluding carboxylic acids is 2. The maximum atomic E-state index is 11.9. The largest absolute Gasteiger partial charge is 0.357 e. The quantitative estimate of drug-likeness (QED) is 0.253. The molecule has 1 aromatic carbocycles. The highest BCUT2D eigenvalue weighted by atomic mass is 127. The topological polar surface area (TPSA) is 94.6 Å². The van der Waals surface area contributed by atoms with Crippen LogP contribution in [0.5, 0.6) is 0 Å². The molecule has 4 N–H and O–H groups in total. The summed E-state index contributed by atoms with van der Waals surface area (Å²) >= 11 is 0. The fourth-order valence-corrected chi connectivity index (χ4v) is 2.17. The van der Waals surface area contributed by atoms with E-state index in [4.69, 9.17) is 0 Å². The van der Waals surface area contributed by atoms with Gasteiger partial charge in [-0.25, -0.2) is 4.99 Å². The van der Waals surface area contributed by atoms with Gasteiger partial charge in [0.1, 0.15) is 6.54 Å². The molecule has 0 aliphatic rings. The number of amides is 2. The van der Waals surface area contributed by atoms with Gasteiger partial charge in [-0.3, -0.25) is 9.59 Å². The molecule has 0 atom stereocenters. The molecule has 0 saturated carbocycles. The number of nitrogens with zero attached hydrogens (tertiary/aromatic N) is 1. The summed E-state index contributed by atoms with van der Waals surface area (Å²) in [6.07, 6.45) is 0.785. The second-order valence-corrected chi connectivity index (χ2v) is 6.93. The number of carbonyl (C=O) groups is 2. The molecule has 0 fully saturated rings. The molecule has 0 unspecified atom stereocenters. The average Bonchev–Trinajstić information content (AvgIpc) is 2.57. The summed E-state index contributed by atoms with van der Waals surface area (Å²) in [5.74, 6) is 0.155. The monoisotopic (exact) mass is 489 g/mol. The Morgan fingerprint density at radius 1 is 1.00 bits per heavy atom. The van der Waals surface area contributed by atoms with Crippen molar-refractivity contribution in [3.8, 4) is 0 Å². The van der Waals surface area contributed by atoms with Gasteiger partial charge in [0, 0.05) is 18.6 Å². The SMILES string of the molecule is CCNC(=NCC(=O)NC(C)(C)C)NCC(=O)NCCc1ccccc1.I. The lowest BCUT2D eigenvalue weighted by atomic mass is 10.1. The number of aliphatic imine (C=N–C) groups is 1. The molecule has 0 radical (unpaired) electrons. The van der Waals surface area contributed by atoms with E-state index in [1.54, 1.807) is 0 Å². The predicted octanol–water partition coefficient (Wildman–Crippen LogP) is 1.43. The Balaban J connectivity index is 0.00000676. The zero-order valence-corrected chi connectivity index (χ0v) is 18.9. The molecule has 1 aromatic rings. The van der Waals surface area contributed by atoms with E-state index in [-0.39, 0.29) is 54.4 Å². The van der Waals surface area contributed by atoms with Crippen molar-refractivity contribution < 1.29 is 9.59 Å². The fourth-order valence-electron chi connectivity index (χ4n) is 2.17. The van der Waals surface area contributed by atoms with Gasteiger partial charge in [0.2, 0.25) is 11.8 Å². The molecule has 0 spiro atoms. The van der Waals surface area contributed by atoms with Crippen molar-refractivity contribution >= 4 is 41.8 Å². The number of halogens is 1. The Hall–Kier alpha value is -1.84. The molecule has 2 amide bonds. The van der Waals surface area contributed by atoms with Crippen LogP contribution < -0.4 is 21.3 Å². The summed E-state index contributed by atoms with van der Waals surface area (Å²) in [6, 6.07) is 9.99. The third-order valence-electron chi connectivity index (χ3n) is 3.23. The van der Waals surface area contributed by atoms with Crippen molar-refractivity contribution in [2.45, 2.75) is 39.7 Å². The van der Waals surface area contributed by atoms with Crippen LogP contribution >= 0.6 is 24.0 Å². The molecular formula is C19H32IN5O2. The molecule has 27 heavy (non-hydrogen) atoms. The minimum atomic E-state index is -0.295. The minimum absolute atomic E-state index is 0. The molecule has 0 aliphatic heterocycles. The Bertz CT molecular complexity index is 600. The smallest absolute Gasteiger partial charge is 0.242 e. The summed E-state index contributed by atoms with van der Waals surface area (Å²) in [6.45, 7) is 8.98. The lowest BCUT2D eigenvalue weighted by Gasteiger charge is -2.20. The van der Waals surface area contributed by atoms with Crippen LogP contribution in [0.1, 0.15) is 33.3 Å². The molecule has 7 nitrogen and oxygen atoms in total. The number of hydrogen-bond acceptors (Lipinski definition) is 3. The first kappa shape index (κ1) is 25.2. The van der Waals surface area contributed by atoms with Gasteiger partial charge in [0.25, 0.3) is 0 Å². The van der Waals surface area contributed by atoms with Crippen LogP contribution in [0.4, 0.5) is 0 Å². The molecule has 0 aromatic heterocycles. The highest BCUT2D eigenvalue weighted by molar-refractivity contribution is 14.0. The zero-order valence-electron chi connectivity index (χ0n) is 16.6. The van der Waals surface area contributed by atoms with E-state index in [0.29, 0.717) is 19.0 Å². The average molecular weight is 489 g/mol. The number of nitrogens with one attached hydrogen (secondary N) is 4. The lowest BCUT2D eigenvalue weighted by Crippen LogP contribution is -2.45. The van der Waals surface area contributed by atoms with E-state index < -0.39 is 0 Å². The van der Waals surface area contributed by atoms with Gasteiger partial charge in [-0.15, -0.1) is 24.0 Å². The fraction of sp³-hybridized carbons (Fsp3) is 0.526. The highest BCUT2D eigenvalue weighted by Crippen LogP contribution is 1.98. The third-order valence-corrected chi connectivity index (χ3v) is 3.23. The molecule has 152 valence electrons. The zero-order chi connectivity index (χ0) is 19.4. The first-order chi connectivity index (χ1) is 12.3. The van der Waals surface area contributed by atoms with Gasteiger partial charge in [0.15, 0.2) is 5.96 Å². The number of guanidine groups is 1. The van der Waals surface area contributed by atoms with Gasteiger partial charge in [0.05, 0.1) is 6.54 Å². The standard InChI is InChI=1S/C19H31N5O2.HI/c1-5-20-18(23-14-17(26)24-19(2,3)4)22-13-16(25)21-12-11-15-9-7-6-8-10-15;/h6-10H,5,11-14H2,1-4H3,(H,21,25)(H,24,26)(H2,20,22,23);1H. The van der Waals surface area contributed by atoms with Crippen LogP contribution in [0.3, 0.4) is 0 Å². The molecule has 0 saturated heterocycles. The minimum Gasteiger partial charge on any atom is -0.357 e. The number of hydrogen-bond donors (Lipinski definition) is 4. The second-order valence-electron chi connectivity index (χ2n) is 6.93. The number of benzene rings is 1. The lowest BCUT2D eigenvalue weighted by molar-refractivity contribution is -0.121. The molecule has 1 rings (SSSR count). The maximum absolute atomic E-state index is 11.9. The van der Waals surface area contributed by atoms with Crippen LogP contribution in [0.2, 0.25) is 0 Å². The van der Waals surface area contributed by atoms with E-state index in [2.05, 4.69) is 26.3 Å². The first-order valence-electron chi connectivity index (χ1n) is 8.94. The Kier molecular flexibility index (Phi) is 12.4. The summed E-state index contributed by atoms with van der Waals surface area (Å²) < 4.78 is 0. The van der Waals surface area contributed by atoms with Gasteiger partial charge in [-0.2, -0.15) is 0 Å². The molecular weight excluding hydrogens is 457 g/mol. The van der Waals surface area contributed by atoms with E-state index in [1.165, 1.54) is 5.56 Å². The molecule has 8 heteroatoms. The molecule has 0 bridgehead atoms. The van der Waals surface area contributed by atoms with E-state index in [9.17, 15) is 9.59 Å². The number of rotatable bonds is 8. The van der Waals surface area contributed by atoms with Gasteiger partial charge < -0.3 is 21.3 Å². The molecule has 0 aliphatic carbocycles. The Labute approximate surface area is 179 Å². The van der Waals surface area contributed by atoms with Crippen molar-refractivity contribution in [3.05, 3.63) is 35.9 Å². The summed E-state index contributed by atoms with van der Waals surface area (Å²) in [5, 5.41) is 11.7. The van der Waals surface area contributed by atoms with Crippen LogP contribution in [-0.2, 0) is 16.0 Å². The highest BCUT2D eigenvalue weighted by Gasteiger charge is 2.13. The third kappa shape index (κ3) is 13.0.